The summed E-state index contributed by atoms with van der Waals surface area (Å²) in [5.41, 5.74) is 5.44. The van der Waals surface area contributed by atoms with E-state index in [1.54, 1.807) is 16.5 Å². The Bertz CT molecular complexity index is 1440. The maximum atomic E-state index is 12.4. The fraction of sp³-hybridized carbons (Fsp3) is 0.387. The van der Waals surface area contributed by atoms with E-state index in [9.17, 15) is 4.79 Å². The third kappa shape index (κ3) is 7.07. The lowest BCUT2D eigenvalue weighted by atomic mass is 10.0. The Morgan fingerprint density at radius 2 is 1.79 bits per heavy atom. The molecule has 8 nitrogen and oxygen atoms in total. The van der Waals surface area contributed by atoms with Crippen molar-refractivity contribution in [1.82, 2.24) is 19.5 Å². The van der Waals surface area contributed by atoms with Crippen molar-refractivity contribution in [3.63, 3.8) is 0 Å². The first kappa shape index (κ1) is 28.0. The number of aryl methyl sites for hydroxylation is 1. The van der Waals surface area contributed by atoms with Crippen molar-refractivity contribution >= 4 is 23.4 Å². The largest absolute Gasteiger partial charge is 0.490 e. The summed E-state index contributed by atoms with van der Waals surface area (Å²) in [5.74, 6) is 1.32. The van der Waals surface area contributed by atoms with Gasteiger partial charge < -0.3 is 19.7 Å². The zero-order chi connectivity index (χ0) is 28.2. The van der Waals surface area contributed by atoms with Gasteiger partial charge in [-0.05, 0) is 88.9 Å². The van der Waals surface area contributed by atoms with Crippen LogP contribution in [0.3, 0.4) is 0 Å². The minimum atomic E-state index is -0.520. The summed E-state index contributed by atoms with van der Waals surface area (Å²) in [5, 5.41) is 8.05. The minimum absolute atomic E-state index is 0.0604. The Labute approximate surface area is 231 Å². The zero-order valence-corrected chi connectivity index (χ0v) is 24.0. The summed E-state index contributed by atoms with van der Waals surface area (Å²) in [6.45, 7) is 12.3. The molecule has 0 spiro atoms. The van der Waals surface area contributed by atoms with Gasteiger partial charge >= 0.3 is 6.09 Å². The number of nitrogens with one attached hydrogen (secondary N) is 1. The highest BCUT2D eigenvalue weighted by molar-refractivity contribution is 5.82. The van der Waals surface area contributed by atoms with E-state index in [-0.39, 0.29) is 12.2 Å². The highest BCUT2D eigenvalue weighted by atomic mass is 16.6. The summed E-state index contributed by atoms with van der Waals surface area (Å²) in [6, 6.07) is 18.3. The van der Waals surface area contributed by atoms with Gasteiger partial charge in [0, 0.05) is 36.6 Å². The van der Waals surface area contributed by atoms with Crippen LogP contribution in [0.4, 0.5) is 16.4 Å². The first-order valence-electron chi connectivity index (χ1n) is 13.5. The quantitative estimate of drug-likeness (QED) is 0.254. The van der Waals surface area contributed by atoms with Crippen LogP contribution in [0.15, 0.2) is 60.8 Å². The molecule has 0 unspecified atom stereocenters. The number of carbonyl (C=O) groups is 1. The average molecular weight is 530 g/mol. The number of anilines is 2. The van der Waals surface area contributed by atoms with Gasteiger partial charge in [-0.2, -0.15) is 4.98 Å². The third-order valence-electron chi connectivity index (χ3n) is 6.17. The topological polar surface area (TPSA) is 81.0 Å². The van der Waals surface area contributed by atoms with Crippen LogP contribution in [-0.4, -0.2) is 50.9 Å². The lowest BCUT2D eigenvalue weighted by Crippen LogP contribution is -2.35. The molecule has 0 atom stereocenters. The second-order valence-corrected chi connectivity index (χ2v) is 10.9. The third-order valence-corrected chi connectivity index (χ3v) is 6.17. The molecule has 206 valence electrons. The number of aromatic nitrogens is 3. The van der Waals surface area contributed by atoms with Crippen molar-refractivity contribution in [1.29, 1.82) is 0 Å². The van der Waals surface area contributed by atoms with Gasteiger partial charge in [0.2, 0.25) is 5.95 Å². The van der Waals surface area contributed by atoms with Crippen LogP contribution < -0.4 is 10.1 Å². The molecule has 0 aliphatic heterocycles. The van der Waals surface area contributed by atoms with Crippen LogP contribution in [0.2, 0.25) is 0 Å². The first-order valence-corrected chi connectivity index (χ1v) is 13.5. The van der Waals surface area contributed by atoms with E-state index in [1.807, 2.05) is 83.3 Å². The number of likely N-dealkylation sites (N-methyl/N-ethyl adjacent to an activating group) is 1. The number of hydrogen-bond acceptors (Lipinski definition) is 6. The molecule has 4 aromatic rings. The lowest BCUT2D eigenvalue weighted by Gasteiger charge is -2.25. The number of carbonyl (C=O) groups excluding carboxylic acids is 1. The summed E-state index contributed by atoms with van der Waals surface area (Å²) in [6.07, 6.45) is 3.25. The fourth-order valence-corrected chi connectivity index (χ4v) is 4.34. The summed E-state index contributed by atoms with van der Waals surface area (Å²) in [4.78, 5) is 18.8. The Hall–Kier alpha value is -4.07. The number of nitrogens with zero attached hydrogens (tertiary/aromatic N) is 4. The van der Waals surface area contributed by atoms with Gasteiger partial charge in [0.1, 0.15) is 11.4 Å². The fourth-order valence-electron chi connectivity index (χ4n) is 4.34. The molecule has 0 fully saturated rings. The number of pyridine rings is 1. The molecule has 0 radical (unpaired) electrons. The monoisotopic (exact) mass is 529 g/mol. The van der Waals surface area contributed by atoms with Crippen molar-refractivity contribution < 1.29 is 14.3 Å². The van der Waals surface area contributed by atoms with Gasteiger partial charge in [0.15, 0.2) is 5.65 Å². The maximum absolute atomic E-state index is 12.4. The predicted octanol–water partition coefficient (Wildman–Crippen LogP) is 6.90. The van der Waals surface area contributed by atoms with Crippen molar-refractivity contribution in [2.75, 3.05) is 18.9 Å². The van der Waals surface area contributed by atoms with E-state index in [0.29, 0.717) is 18.9 Å². The van der Waals surface area contributed by atoms with Gasteiger partial charge in [0.05, 0.1) is 6.10 Å². The van der Waals surface area contributed by atoms with Crippen molar-refractivity contribution in [2.45, 2.75) is 66.1 Å². The number of rotatable bonds is 9. The van der Waals surface area contributed by atoms with Crippen molar-refractivity contribution in [3.05, 3.63) is 71.9 Å². The molecule has 0 aliphatic carbocycles. The average Bonchev–Trinajstić information content (AvgIpc) is 3.29. The number of fused-ring (bicyclic) bond motifs is 1. The van der Waals surface area contributed by atoms with Gasteiger partial charge in [-0.15, -0.1) is 5.10 Å². The molecule has 0 saturated carbocycles. The molecule has 0 aliphatic rings. The van der Waals surface area contributed by atoms with Crippen LogP contribution in [0, 0.1) is 0 Å². The summed E-state index contributed by atoms with van der Waals surface area (Å²) < 4.78 is 13.3. The molecular weight excluding hydrogens is 490 g/mol. The lowest BCUT2D eigenvalue weighted by molar-refractivity contribution is 0.0300. The van der Waals surface area contributed by atoms with E-state index in [1.165, 1.54) is 11.1 Å². The molecule has 39 heavy (non-hydrogen) atoms. The highest BCUT2D eigenvalue weighted by Gasteiger charge is 2.20. The number of ether oxygens (including phenoxy) is 2. The summed E-state index contributed by atoms with van der Waals surface area (Å²) in [7, 11) is 1.77. The van der Waals surface area contributed by atoms with Gasteiger partial charge in [-0.1, -0.05) is 31.2 Å². The molecule has 4 rings (SSSR count). The summed E-state index contributed by atoms with van der Waals surface area (Å²) >= 11 is 0. The van der Waals surface area contributed by atoms with E-state index in [0.717, 1.165) is 34.6 Å². The Morgan fingerprint density at radius 1 is 1.05 bits per heavy atom. The van der Waals surface area contributed by atoms with Crippen molar-refractivity contribution in [2.24, 2.45) is 0 Å². The Balaban J connectivity index is 1.56. The van der Waals surface area contributed by atoms with Gasteiger partial charge in [-0.25, -0.2) is 9.31 Å². The van der Waals surface area contributed by atoms with Crippen molar-refractivity contribution in [3.8, 4) is 16.9 Å². The molecule has 2 aromatic heterocycles. The molecule has 2 aromatic carbocycles. The predicted molar refractivity (Wildman–Crippen MR) is 156 cm³/mol. The molecule has 2 heterocycles. The molecular formula is C31H39N5O3. The number of para-hydroxylation sites is 1. The normalized spacial score (nSPS) is 11.6. The maximum Gasteiger partial charge on any atom is 0.410 e. The minimum Gasteiger partial charge on any atom is -0.490 e. The van der Waals surface area contributed by atoms with Crippen LogP contribution >= 0.6 is 0 Å². The molecule has 0 bridgehead atoms. The molecule has 8 heteroatoms. The SMILES string of the molecule is CCc1ccc(Nc2nc3c(-c4ccccc4OC(C)C)cccn3n2)cc1CCN(C)C(=O)OC(C)(C)C. The van der Waals surface area contributed by atoms with E-state index >= 15 is 0 Å². The number of benzene rings is 2. The second kappa shape index (κ2) is 11.8. The van der Waals surface area contributed by atoms with Gasteiger partial charge in [-0.3, -0.25) is 0 Å². The Morgan fingerprint density at radius 3 is 2.51 bits per heavy atom. The van der Waals surface area contributed by atoms with Crippen LogP contribution in [-0.2, 0) is 17.6 Å². The molecule has 1 amide bonds. The highest BCUT2D eigenvalue weighted by Crippen LogP contribution is 2.33. The molecule has 1 N–H and O–H groups in total. The standard InChI is InChI=1S/C31H39N5O3/c1-8-22-15-16-24(20-23(22)17-19-35(7)30(37)39-31(4,5)6)32-29-33-28-26(13-11-18-36(28)34-29)25-12-9-10-14-27(25)38-21(2)3/h9-16,18,20-21H,8,17,19H2,1-7H3,(H,32,34). The zero-order valence-electron chi connectivity index (χ0n) is 24.0. The van der Waals surface area contributed by atoms with E-state index in [2.05, 4.69) is 29.5 Å². The second-order valence-electron chi connectivity index (χ2n) is 10.9. The van der Waals surface area contributed by atoms with Crippen LogP contribution in [0.5, 0.6) is 5.75 Å². The van der Waals surface area contributed by atoms with Gasteiger partial charge in [0.25, 0.3) is 0 Å². The van der Waals surface area contributed by atoms with E-state index in [4.69, 9.17) is 14.5 Å². The van der Waals surface area contributed by atoms with Crippen LogP contribution in [0.25, 0.3) is 16.8 Å². The van der Waals surface area contributed by atoms with Crippen LogP contribution in [0.1, 0.15) is 52.7 Å². The number of amides is 1. The Kier molecular flexibility index (Phi) is 8.43. The molecule has 0 saturated heterocycles. The smallest absolute Gasteiger partial charge is 0.410 e. The van der Waals surface area contributed by atoms with E-state index < -0.39 is 5.60 Å². The number of hydrogen-bond donors (Lipinski definition) is 1. The first-order chi connectivity index (χ1) is 18.5.